The first-order chi connectivity index (χ1) is 8.59. The van der Waals surface area contributed by atoms with Crippen LogP contribution in [0.25, 0.3) is 0 Å². The van der Waals surface area contributed by atoms with Gasteiger partial charge in [0, 0.05) is 25.3 Å². The number of pyridine rings is 1. The molecule has 0 unspecified atom stereocenters. The van der Waals surface area contributed by atoms with Crippen molar-refractivity contribution in [3.8, 4) is 5.75 Å². The highest BCUT2D eigenvalue weighted by Gasteiger charge is 2.26. The highest BCUT2D eigenvalue weighted by molar-refractivity contribution is 5.96. The molecule has 1 amide bonds. The second kappa shape index (κ2) is 5.35. The molecule has 0 aromatic carbocycles. The molecule has 0 aliphatic heterocycles. The van der Waals surface area contributed by atoms with E-state index in [4.69, 9.17) is 5.73 Å². The minimum absolute atomic E-state index is 0.0677. The first kappa shape index (κ1) is 12.8. The molecule has 0 saturated heterocycles. The Morgan fingerprint density at radius 1 is 1.44 bits per heavy atom. The lowest BCUT2D eigenvalue weighted by Crippen LogP contribution is -2.41. The van der Waals surface area contributed by atoms with Crippen LogP contribution in [0.1, 0.15) is 36.0 Å². The summed E-state index contributed by atoms with van der Waals surface area (Å²) < 4.78 is 0. The van der Waals surface area contributed by atoms with Crippen LogP contribution >= 0.6 is 0 Å². The number of rotatable bonds is 2. The van der Waals surface area contributed by atoms with E-state index in [1.807, 2.05) is 0 Å². The second-order valence-corrected chi connectivity index (χ2v) is 4.88. The van der Waals surface area contributed by atoms with E-state index in [0.29, 0.717) is 5.56 Å². The van der Waals surface area contributed by atoms with Crippen LogP contribution in [0.2, 0.25) is 0 Å². The molecule has 1 heterocycles. The Balaban J connectivity index is 2.07. The maximum absolute atomic E-state index is 12.3. The van der Waals surface area contributed by atoms with E-state index < -0.39 is 0 Å². The third kappa shape index (κ3) is 2.61. The molecular formula is C13H19N3O2. The van der Waals surface area contributed by atoms with Crippen molar-refractivity contribution in [3.63, 3.8) is 0 Å². The average Bonchev–Trinajstić information content (AvgIpc) is 2.38. The van der Waals surface area contributed by atoms with Crippen LogP contribution in [-0.2, 0) is 0 Å². The molecule has 0 atom stereocenters. The van der Waals surface area contributed by atoms with E-state index in [1.165, 1.54) is 12.4 Å². The molecule has 5 nitrogen and oxygen atoms in total. The Morgan fingerprint density at radius 3 is 2.72 bits per heavy atom. The molecule has 0 bridgehead atoms. The van der Waals surface area contributed by atoms with E-state index in [-0.39, 0.29) is 23.7 Å². The number of amides is 1. The van der Waals surface area contributed by atoms with E-state index in [0.717, 1.165) is 25.7 Å². The molecule has 1 fully saturated rings. The number of nitrogens with zero attached hydrogens (tertiary/aromatic N) is 2. The smallest absolute Gasteiger partial charge is 0.257 e. The topological polar surface area (TPSA) is 79.5 Å². The van der Waals surface area contributed by atoms with Crippen molar-refractivity contribution < 1.29 is 9.90 Å². The lowest BCUT2D eigenvalue weighted by atomic mass is 9.90. The standard InChI is InChI=1S/C13H19N3O2/c1-16(10-4-2-9(14)3-5-10)13(18)11-6-7-15-8-12(11)17/h6-10,17H,2-5,14H2,1H3. The normalized spacial score (nSPS) is 23.7. The Labute approximate surface area is 107 Å². The monoisotopic (exact) mass is 249 g/mol. The number of aromatic hydroxyl groups is 1. The molecule has 1 aliphatic carbocycles. The van der Waals surface area contributed by atoms with Gasteiger partial charge in [-0.1, -0.05) is 0 Å². The number of carbonyl (C=O) groups is 1. The maximum atomic E-state index is 12.3. The SMILES string of the molecule is CN(C(=O)c1ccncc1O)C1CCC(N)CC1. The van der Waals surface area contributed by atoms with Gasteiger partial charge in [-0.15, -0.1) is 0 Å². The van der Waals surface area contributed by atoms with Crippen molar-refractivity contribution in [2.24, 2.45) is 5.73 Å². The molecule has 3 N–H and O–H groups in total. The Kier molecular flexibility index (Phi) is 3.81. The first-order valence-corrected chi connectivity index (χ1v) is 6.25. The molecule has 0 spiro atoms. The average molecular weight is 249 g/mol. The molecule has 1 saturated carbocycles. The summed E-state index contributed by atoms with van der Waals surface area (Å²) in [5, 5.41) is 9.64. The number of nitrogens with two attached hydrogens (primary N) is 1. The number of hydrogen-bond donors (Lipinski definition) is 2. The summed E-state index contributed by atoms with van der Waals surface area (Å²) in [4.78, 5) is 17.7. The van der Waals surface area contributed by atoms with E-state index in [9.17, 15) is 9.90 Å². The van der Waals surface area contributed by atoms with Gasteiger partial charge < -0.3 is 15.7 Å². The Bertz CT molecular complexity index is 428. The van der Waals surface area contributed by atoms with Crippen molar-refractivity contribution in [2.75, 3.05) is 7.05 Å². The maximum Gasteiger partial charge on any atom is 0.257 e. The van der Waals surface area contributed by atoms with Gasteiger partial charge in [-0.3, -0.25) is 9.78 Å². The van der Waals surface area contributed by atoms with Crippen LogP contribution in [0, 0.1) is 0 Å². The van der Waals surface area contributed by atoms with Gasteiger partial charge in [0.2, 0.25) is 0 Å². The van der Waals surface area contributed by atoms with Gasteiger partial charge in [0.05, 0.1) is 11.8 Å². The molecule has 0 radical (unpaired) electrons. The summed E-state index contributed by atoms with van der Waals surface area (Å²) in [6.45, 7) is 0. The van der Waals surface area contributed by atoms with E-state index >= 15 is 0 Å². The number of carbonyl (C=O) groups excluding carboxylic acids is 1. The molecular weight excluding hydrogens is 230 g/mol. The lowest BCUT2D eigenvalue weighted by molar-refractivity contribution is 0.0687. The first-order valence-electron chi connectivity index (χ1n) is 6.25. The van der Waals surface area contributed by atoms with Crippen LogP contribution in [0.4, 0.5) is 0 Å². The third-order valence-electron chi connectivity index (χ3n) is 3.64. The molecule has 2 rings (SSSR count). The van der Waals surface area contributed by atoms with Crippen LogP contribution in [-0.4, -0.2) is 40.0 Å². The van der Waals surface area contributed by atoms with Gasteiger partial charge in [0.1, 0.15) is 5.75 Å². The van der Waals surface area contributed by atoms with Gasteiger partial charge in [0.15, 0.2) is 0 Å². The zero-order chi connectivity index (χ0) is 13.1. The highest BCUT2D eigenvalue weighted by atomic mass is 16.3. The van der Waals surface area contributed by atoms with Gasteiger partial charge in [0.25, 0.3) is 5.91 Å². The van der Waals surface area contributed by atoms with Gasteiger partial charge >= 0.3 is 0 Å². The number of aromatic nitrogens is 1. The second-order valence-electron chi connectivity index (χ2n) is 4.88. The van der Waals surface area contributed by atoms with Crippen LogP contribution in [0.3, 0.4) is 0 Å². The van der Waals surface area contributed by atoms with Crippen LogP contribution in [0.15, 0.2) is 18.5 Å². The summed E-state index contributed by atoms with van der Waals surface area (Å²) in [6, 6.07) is 2.02. The quantitative estimate of drug-likeness (QED) is 0.823. The molecule has 1 aliphatic rings. The summed E-state index contributed by atoms with van der Waals surface area (Å²) in [5.74, 6) is -0.225. The highest BCUT2D eigenvalue weighted by Crippen LogP contribution is 2.24. The fourth-order valence-electron chi connectivity index (χ4n) is 2.41. The molecule has 98 valence electrons. The van der Waals surface area contributed by atoms with Crippen molar-refractivity contribution in [3.05, 3.63) is 24.0 Å². The van der Waals surface area contributed by atoms with Crippen molar-refractivity contribution in [1.82, 2.24) is 9.88 Å². The Hall–Kier alpha value is -1.62. The largest absolute Gasteiger partial charge is 0.505 e. The predicted molar refractivity (Wildman–Crippen MR) is 68.2 cm³/mol. The summed E-state index contributed by atoms with van der Waals surface area (Å²) in [6.07, 6.45) is 6.55. The molecule has 5 heteroatoms. The van der Waals surface area contributed by atoms with Crippen molar-refractivity contribution >= 4 is 5.91 Å². The lowest BCUT2D eigenvalue weighted by Gasteiger charge is -2.33. The summed E-state index contributed by atoms with van der Waals surface area (Å²) in [5.41, 5.74) is 6.16. The summed E-state index contributed by atoms with van der Waals surface area (Å²) in [7, 11) is 1.78. The van der Waals surface area contributed by atoms with Gasteiger partial charge in [-0.05, 0) is 31.7 Å². The molecule has 18 heavy (non-hydrogen) atoms. The van der Waals surface area contributed by atoms with E-state index in [1.54, 1.807) is 18.0 Å². The van der Waals surface area contributed by atoms with Crippen LogP contribution < -0.4 is 5.73 Å². The fraction of sp³-hybridized carbons (Fsp3) is 0.538. The third-order valence-corrected chi connectivity index (χ3v) is 3.64. The number of hydrogen-bond acceptors (Lipinski definition) is 4. The van der Waals surface area contributed by atoms with E-state index in [2.05, 4.69) is 4.98 Å². The fourth-order valence-corrected chi connectivity index (χ4v) is 2.41. The summed E-state index contributed by atoms with van der Waals surface area (Å²) >= 11 is 0. The molecule has 1 aromatic rings. The zero-order valence-electron chi connectivity index (χ0n) is 10.5. The minimum Gasteiger partial charge on any atom is -0.505 e. The van der Waals surface area contributed by atoms with Crippen molar-refractivity contribution in [1.29, 1.82) is 0 Å². The van der Waals surface area contributed by atoms with Crippen molar-refractivity contribution in [2.45, 2.75) is 37.8 Å². The van der Waals surface area contributed by atoms with Gasteiger partial charge in [-0.25, -0.2) is 0 Å². The zero-order valence-corrected chi connectivity index (χ0v) is 10.5. The Morgan fingerprint density at radius 2 is 2.11 bits per heavy atom. The van der Waals surface area contributed by atoms with Gasteiger partial charge in [-0.2, -0.15) is 0 Å². The predicted octanol–water partition coefficient (Wildman–Crippen LogP) is 1.13. The minimum atomic E-state index is -0.157. The molecule has 1 aromatic heterocycles. The van der Waals surface area contributed by atoms with Crippen LogP contribution in [0.5, 0.6) is 5.75 Å².